The smallest absolute Gasteiger partial charge is 0.358 e. The highest BCUT2D eigenvalue weighted by Gasteiger charge is 2.12. The monoisotopic (exact) mass is 342 g/mol. The fourth-order valence-corrected chi connectivity index (χ4v) is 2.33. The van der Waals surface area contributed by atoms with Crippen molar-refractivity contribution in [2.45, 2.75) is 34.6 Å². The highest BCUT2D eigenvalue weighted by atomic mass is 16.5. The van der Waals surface area contributed by atoms with Crippen LogP contribution in [0.2, 0.25) is 0 Å². The SMILES string of the molecule is CCOC(=O)c1cn2c(C)nc(C)cc2n1.Cc1cc(N)nc(C)n1. The van der Waals surface area contributed by atoms with E-state index in [0.717, 1.165) is 23.0 Å². The van der Waals surface area contributed by atoms with Crippen molar-refractivity contribution in [3.8, 4) is 0 Å². The molecule has 0 bridgehead atoms. The third-order valence-corrected chi connectivity index (χ3v) is 3.23. The molecule has 8 nitrogen and oxygen atoms in total. The second-order valence-corrected chi connectivity index (χ2v) is 5.50. The number of fused-ring (bicyclic) bond motifs is 1. The molecule has 0 amide bonds. The molecule has 0 unspecified atom stereocenters. The summed E-state index contributed by atoms with van der Waals surface area (Å²) < 4.78 is 6.67. The third-order valence-electron chi connectivity index (χ3n) is 3.23. The summed E-state index contributed by atoms with van der Waals surface area (Å²) in [5, 5.41) is 0. The number of carbonyl (C=O) groups excluding carboxylic acids is 1. The first kappa shape index (κ1) is 18.3. The number of nitrogens with zero attached hydrogens (tertiary/aromatic N) is 5. The number of aromatic nitrogens is 5. The molecule has 8 heteroatoms. The van der Waals surface area contributed by atoms with E-state index in [1.165, 1.54) is 0 Å². The minimum absolute atomic E-state index is 0.317. The standard InChI is InChI=1S/C11H13N3O2.C6H9N3/c1-4-16-11(15)9-6-14-8(3)12-7(2)5-10(14)13-9;1-4-3-6(7)9-5(2)8-4/h5-6H,4H2,1-3H3;3H,1-2H3,(H2,7,8,9). The van der Waals surface area contributed by atoms with E-state index >= 15 is 0 Å². The van der Waals surface area contributed by atoms with Crippen molar-refractivity contribution in [1.82, 2.24) is 24.3 Å². The maximum Gasteiger partial charge on any atom is 0.358 e. The Morgan fingerprint density at radius 2 is 1.76 bits per heavy atom. The number of ether oxygens (including phenoxy) is 1. The average molecular weight is 342 g/mol. The molecule has 0 fully saturated rings. The summed E-state index contributed by atoms with van der Waals surface area (Å²) in [4.78, 5) is 27.9. The molecule has 3 rings (SSSR count). The van der Waals surface area contributed by atoms with Crippen LogP contribution < -0.4 is 5.73 Å². The maximum absolute atomic E-state index is 11.5. The number of esters is 1. The van der Waals surface area contributed by atoms with Gasteiger partial charge in [-0.15, -0.1) is 0 Å². The van der Waals surface area contributed by atoms with Gasteiger partial charge in [-0.1, -0.05) is 0 Å². The number of rotatable bonds is 2. The van der Waals surface area contributed by atoms with E-state index in [2.05, 4.69) is 19.9 Å². The van der Waals surface area contributed by atoms with Gasteiger partial charge >= 0.3 is 5.97 Å². The molecule has 0 saturated carbocycles. The summed E-state index contributed by atoms with van der Waals surface area (Å²) in [6.45, 7) is 9.60. The van der Waals surface area contributed by atoms with Gasteiger partial charge in [-0.3, -0.25) is 4.40 Å². The van der Waals surface area contributed by atoms with Crippen LogP contribution in [0, 0.1) is 27.7 Å². The molecular weight excluding hydrogens is 320 g/mol. The average Bonchev–Trinajstić information content (AvgIpc) is 2.91. The summed E-state index contributed by atoms with van der Waals surface area (Å²) in [7, 11) is 0. The Morgan fingerprint density at radius 3 is 2.36 bits per heavy atom. The van der Waals surface area contributed by atoms with Gasteiger partial charge in [0.05, 0.1) is 6.61 Å². The summed E-state index contributed by atoms with van der Waals surface area (Å²) in [5.41, 5.74) is 8.24. The Morgan fingerprint density at radius 1 is 1.08 bits per heavy atom. The lowest BCUT2D eigenvalue weighted by Crippen LogP contribution is -2.04. The first-order valence-corrected chi connectivity index (χ1v) is 7.88. The van der Waals surface area contributed by atoms with Crippen LogP contribution in [-0.4, -0.2) is 36.9 Å². The van der Waals surface area contributed by atoms with Crippen LogP contribution in [0.3, 0.4) is 0 Å². The van der Waals surface area contributed by atoms with Crippen molar-refractivity contribution in [3.05, 3.63) is 47.1 Å². The molecule has 0 aromatic carbocycles. The molecule has 3 aromatic rings. The minimum Gasteiger partial charge on any atom is -0.461 e. The van der Waals surface area contributed by atoms with Crippen molar-refractivity contribution >= 4 is 17.4 Å². The second kappa shape index (κ2) is 7.69. The zero-order valence-electron chi connectivity index (χ0n) is 15.1. The van der Waals surface area contributed by atoms with Gasteiger partial charge in [-0.25, -0.2) is 24.7 Å². The van der Waals surface area contributed by atoms with Crippen molar-refractivity contribution in [2.24, 2.45) is 0 Å². The van der Waals surface area contributed by atoms with Crippen LogP contribution in [0.25, 0.3) is 5.65 Å². The number of aryl methyl sites for hydroxylation is 4. The normalized spacial score (nSPS) is 10.3. The zero-order chi connectivity index (χ0) is 18.6. The Balaban J connectivity index is 0.000000212. The van der Waals surface area contributed by atoms with E-state index in [4.69, 9.17) is 10.5 Å². The van der Waals surface area contributed by atoms with Crippen LogP contribution in [0.15, 0.2) is 18.3 Å². The molecule has 0 radical (unpaired) electrons. The number of carbonyl (C=O) groups is 1. The quantitative estimate of drug-likeness (QED) is 0.711. The van der Waals surface area contributed by atoms with Crippen LogP contribution in [0.4, 0.5) is 5.82 Å². The van der Waals surface area contributed by atoms with E-state index < -0.39 is 5.97 Å². The topological polar surface area (TPSA) is 108 Å². The lowest BCUT2D eigenvalue weighted by Gasteiger charge is -1.98. The van der Waals surface area contributed by atoms with Crippen molar-refractivity contribution < 1.29 is 9.53 Å². The molecule has 0 atom stereocenters. The first-order valence-electron chi connectivity index (χ1n) is 7.88. The van der Waals surface area contributed by atoms with Crippen LogP contribution in [0.1, 0.15) is 40.4 Å². The van der Waals surface area contributed by atoms with Gasteiger partial charge in [-0.2, -0.15) is 0 Å². The highest BCUT2D eigenvalue weighted by Crippen LogP contribution is 2.09. The largest absolute Gasteiger partial charge is 0.461 e. The summed E-state index contributed by atoms with van der Waals surface area (Å²) in [5.74, 6) is 1.67. The molecule has 0 spiro atoms. The van der Waals surface area contributed by atoms with Crippen LogP contribution >= 0.6 is 0 Å². The Kier molecular flexibility index (Phi) is 5.63. The summed E-state index contributed by atoms with van der Waals surface area (Å²) in [6, 6.07) is 3.57. The first-order chi connectivity index (χ1) is 11.8. The van der Waals surface area contributed by atoms with Gasteiger partial charge in [0.25, 0.3) is 0 Å². The van der Waals surface area contributed by atoms with Crippen LogP contribution in [-0.2, 0) is 4.74 Å². The van der Waals surface area contributed by atoms with E-state index in [0.29, 0.717) is 23.8 Å². The van der Waals surface area contributed by atoms with Gasteiger partial charge in [0.15, 0.2) is 5.69 Å². The molecule has 0 aliphatic rings. The maximum atomic E-state index is 11.5. The number of nitrogens with two attached hydrogens (primary N) is 1. The fourth-order valence-electron chi connectivity index (χ4n) is 2.33. The van der Waals surface area contributed by atoms with E-state index in [9.17, 15) is 4.79 Å². The van der Waals surface area contributed by atoms with Gasteiger partial charge in [-0.05, 0) is 34.6 Å². The Bertz CT molecular complexity index is 853. The van der Waals surface area contributed by atoms with Gasteiger partial charge in [0.1, 0.15) is 23.1 Å². The summed E-state index contributed by atoms with van der Waals surface area (Å²) >= 11 is 0. The molecule has 132 valence electrons. The van der Waals surface area contributed by atoms with Gasteiger partial charge < -0.3 is 10.5 Å². The van der Waals surface area contributed by atoms with E-state index in [-0.39, 0.29) is 0 Å². The predicted molar refractivity (Wildman–Crippen MR) is 94.3 cm³/mol. The van der Waals surface area contributed by atoms with Crippen molar-refractivity contribution in [2.75, 3.05) is 12.3 Å². The molecule has 2 N–H and O–H groups in total. The molecule has 3 heterocycles. The molecule has 0 aliphatic heterocycles. The second-order valence-electron chi connectivity index (χ2n) is 5.50. The number of imidazole rings is 1. The number of anilines is 1. The Labute approximate surface area is 146 Å². The van der Waals surface area contributed by atoms with Gasteiger partial charge in [0.2, 0.25) is 0 Å². The summed E-state index contributed by atoms with van der Waals surface area (Å²) in [6.07, 6.45) is 1.65. The minimum atomic E-state index is -0.400. The zero-order valence-corrected chi connectivity index (χ0v) is 15.1. The van der Waals surface area contributed by atoms with Crippen molar-refractivity contribution in [1.29, 1.82) is 0 Å². The molecule has 25 heavy (non-hydrogen) atoms. The number of nitrogen functional groups attached to an aromatic ring is 1. The Hall–Kier alpha value is -3.03. The fraction of sp³-hybridized carbons (Fsp3) is 0.353. The van der Waals surface area contributed by atoms with Gasteiger partial charge in [0, 0.05) is 29.7 Å². The molecule has 3 aromatic heterocycles. The molecular formula is C17H22N6O2. The molecule has 0 saturated heterocycles. The van der Waals surface area contributed by atoms with E-state index in [1.54, 1.807) is 23.6 Å². The van der Waals surface area contributed by atoms with Crippen LogP contribution in [0.5, 0.6) is 0 Å². The predicted octanol–water partition coefficient (Wildman–Crippen LogP) is 2.20. The highest BCUT2D eigenvalue weighted by molar-refractivity contribution is 5.87. The van der Waals surface area contributed by atoms with Crippen molar-refractivity contribution in [3.63, 3.8) is 0 Å². The third kappa shape index (κ3) is 4.72. The number of hydrogen-bond donors (Lipinski definition) is 1. The number of hydrogen-bond acceptors (Lipinski definition) is 7. The molecule has 0 aliphatic carbocycles. The lowest BCUT2D eigenvalue weighted by molar-refractivity contribution is 0.0520. The van der Waals surface area contributed by atoms with E-state index in [1.807, 2.05) is 33.8 Å². The lowest BCUT2D eigenvalue weighted by atomic mass is 10.4.